The van der Waals surface area contributed by atoms with Crippen LogP contribution in [-0.2, 0) is 21.1 Å². The second-order valence-corrected chi connectivity index (χ2v) is 14.6. The van der Waals surface area contributed by atoms with Crippen LogP contribution in [0.2, 0.25) is 0 Å². The standard InChI is InChI=1S/C34H47N7O5S/c1-4-6-7-8-9-10-16-41-19-18-39(31-21-27(3)37-33(38-31)40-17-15-35-25-40)24-34(41,47(43,44)20-5-2)23-32(42)36-14-13-28-11-12-29-30(22-28)46-26-45-29/h5,11-12,15,17,21-22,25H,2,4,6-10,13-14,16,18-20,23-24,26H2,1,3H3,(H,36,42). The molecule has 0 aliphatic carbocycles. The van der Waals surface area contributed by atoms with Crippen LogP contribution >= 0.6 is 0 Å². The highest BCUT2D eigenvalue weighted by molar-refractivity contribution is 7.92. The predicted octanol–water partition coefficient (Wildman–Crippen LogP) is 4.23. The third kappa shape index (κ3) is 8.31. The van der Waals surface area contributed by atoms with Crippen molar-refractivity contribution in [3.05, 3.63) is 66.9 Å². The maximum absolute atomic E-state index is 14.3. The van der Waals surface area contributed by atoms with Crippen molar-refractivity contribution in [2.24, 2.45) is 0 Å². The Kier molecular flexibility index (Phi) is 11.5. The minimum atomic E-state index is -3.86. The number of hydrogen-bond acceptors (Lipinski definition) is 10. The summed E-state index contributed by atoms with van der Waals surface area (Å²) in [7, 11) is -3.86. The summed E-state index contributed by atoms with van der Waals surface area (Å²) >= 11 is 0. The number of carbonyl (C=O) groups excluding carboxylic acids is 1. The molecule has 1 aromatic carbocycles. The van der Waals surface area contributed by atoms with E-state index in [0.717, 1.165) is 30.5 Å². The first kappa shape index (κ1) is 34.4. The lowest BCUT2D eigenvalue weighted by Crippen LogP contribution is -2.68. The summed E-state index contributed by atoms with van der Waals surface area (Å²) < 4.78 is 41.3. The van der Waals surface area contributed by atoms with Gasteiger partial charge < -0.3 is 19.7 Å². The van der Waals surface area contributed by atoms with Crippen LogP contribution in [0.3, 0.4) is 0 Å². The van der Waals surface area contributed by atoms with Crippen LogP contribution in [-0.4, -0.2) is 88.9 Å². The number of unbranched alkanes of at least 4 members (excludes halogenated alkanes) is 5. The van der Waals surface area contributed by atoms with Crippen LogP contribution in [0.15, 0.2) is 55.6 Å². The van der Waals surface area contributed by atoms with Gasteiger partial charge in [0.25, 0.3) is 0 Å². The SMILES string of the molecule is C=CCS(=O)(=O)C1(CC(=O)NCCc2ccc3c(c2)OCO3)CN(c2cc(C)nc(-n3ccnc3)n2)CCN1CCCCCCCC. The largest absolute Gasteiger partial charge is 0.454 e. The van der Waals surface area contributed by atoms with Gasteiger partial charge >= 0.3 is 0 Å². The number of benzene rings is 1. The van der Waals surface area contributed by atoms with Gasteiger partial charge in [0, 0.05) is 43.8 Å². The van der Waals surface area contributed by atoms with Gasteiger partial charge in [-0.1, -0.05) is 51.2 Å². The van der Waals surface area contributed by atoms with Gasteiger partial charge in [-0.15, -0.1) is 6.58 Å². The molecule has 1 saturated heterocycles. The molecule has 1 N–H and O–H groups in total. The number of amides is 1. The summed E-state index contributed by atoms with van der Waals surface area (Å²) in [4.78, 5) is 29.7. The summed E-state index contributed by atoms with van der Waals surface area (Å²) in [5.74, 6) is 1.91. The highest BCUT2D eigenvalue weighted by Gasteiger charge is 2.52. The first-order valence-corrected chi connectivity index (χ1v) is 18.2. The van der Waals surface area contributed by atoms with E-state index in [9.17, 15) is 13.2 Å². The molecule has 2 aliphatic rings. The number of fused-ring (bicyclic) bond motifs is 1. The van der Waals surface area contributed by atoms with Crippen molar-refractivity contribution in [1.29, 1.82) is 0 Å². The van der Waals surface area contributed by atoms with Crippen LogP contribution in [0, 0.1) is 6.92 Å². The highest BCUT2D eigenvalue weighted by atomic mass is 32.2. The monoisotopic (exact) mass is 665 g/mol. The summed E-state index contributed by atoms with van der Waals surface area (Å²) in [5.41, 5.74) is 1.74. The van der Waals surface area contributed by atoms with E-state index in [-0.39, 0.29) is 31.4 Å². The first-order chi connectivity index (χ1) is 22.7. The Hall–Kier alpha value is -3.97. The molecule has 0 bridgehead atoms. The van der Waals surface area contributed by atoms with Gasteiger partial charge in [0.2, 0.25) is 18.6 Å². The lowest BCUT2D eigenvalue weighted by atomic mass is 10.0. The first-order valence-electron chi connectivity index (χ1n) is 16.6. The molecule has 47 heavy (non-hydrogen) atoms. The molecule has 1 amide bonds. The van der Waals surface area contributed by atoms with Crippen molar-refractivity contribution < 1.29 is 22.7 Å². The zero-order chi connectivity index (χ0) is 33.3. The van der Waals surface area contributed by atoms with Crippen molar-refractivity contribution in [2.75, 3.05) is 50.2 Å². The van der Waals surface area contributed by atoms with Crippen LogP contribution < -0.4 is 19.7 Å². The third-order valence-electron chi connectivity index (χ3n) is 8.85. The maximum atomic E-state index is 14.3. The van der Waals surface area contributed by atoms with Crippen LogP contribution in [0.1, 0.15) is 63.1 Å². The molecule has 13 heteroatoms. The summed E-state index contributed by atoms with van der Waals surface area (Å²) in [6.45, 7) is 10.1. The Balaban J connectivity index is 1.39. The molecule has 0 saturated carbocycles. The molecule has 254 valence electrons. The number of aryl methyl sites for hydroxylation is 1. The average Bonchev–Trinajstić information content (AvgIpc) is 3.76. The van der Waals surface area contributed by atoms with Crippen molar-refractivity contribution in [1.82, 2.24) is 29.7 Å². The summed E-state index contributed by atoms with van der Waals surface area (Å²) in [6, 6.07) is 7.58. The predicted molar refractivity (Wildman–Crippen MR) is 182 cm³/mol. The number of piperazine rings is 1. The minimum absolute atomic E-state index is 0.0917. The van der Waals surface area contributed by atoms with Gasteiger partial charge in [0.1, 0.15) is 12.1 Å². The van der Waals surface area contributed by atoms with Gasteiger partial charge in [0.15, 0.2) is 26.2 Å². The van der Waals surface area contributed by atoms with Gasteiger partial charge in [-0.25, -0.2) is 18.4 Å². The number of hydrogen-bond donors (Lipinski definition) is 1. The van der Waals surface area contributed by atoms with Crippen molar-refractivity contribution in [3.63, 3.8) is 0 Å². The number of imidazole rings is 1. The molecule has 1 atom stereocenters. The lowest BCUT2D eigenvalue weighted by Gasteiger charge is -2.50. The Morgan fingerprint density at radius 1 is 1.09 bits per heavy atom. The van der Waals surface area contributed by atoms with Crippen LogP contribution in [0.5, 0.6) is 11.5 Å². The second-order valence-electron chi connectivity index (χ2n) is 12.3. The molecular weight excluding hydrogens is 618 g/mol. The quantitative estimate of drug-likeness (QED) is 0.165. The van der Waals surface area contributed by atoms with Crippen molar-refractivity contribution in [3.8, 4) is 17.4 Å². The van der Waals surface area contributed by atoms with Gasteiger partial charge in [-0.2, -0.15) is 4.98 Å². The molecule has 4 heterocycles. The zero-order valence-electron chi connectivity index (χ0n) is 27.6. The molecule has 0 radical (unpaired) electrons. The summed E-state index contributed by atoms with van der Waals surface area (Å²) in [5, 5.41) is 3.01. The Morgan fingerprint density at radius 2 is 1.89 bits per heavy atom. The van der Waals surface area contributed by atoms with E-state index < -0.39 is 14.7 Å². The smallest absolute Gasteiger partial charge is 0.237 e. The van der Waals surface area contributed by atoms with Gasteiger partial charge in [0.05, 0.1) is 18.7 Å². The van der Waals surface area contributed by atoms with E-state index >= 15 is 0 Å². The third-order valence-corrected chi connectivity index (χ3v) is 11.2. The van der Waals surface area contributed by atoms with E-state index in [1.807, 2.05) is 41.0 Å². The van der Waals surface area contributed by atoms with E-state index in [0.29, 0.717) is 55.9 Å². The maximum Gasteiger partial charge on any atom is 0.237 e. The number of nitrogens with zero attached hydrogens (tertiary/aromatic N) is 6. The Morgan fingerprint density at radius 3 is 2.68 bits per heavy atom. The van der Waals surface area contributed by atoms with Gasteiger partial charge in [-0.05, 0) is 44.0 Å². The normalized spacial score (nSPS) is 18.0. The number of ether oxygens (including phenoxy) is 2. The fourth-order valence-electron chi connectivity index (χ4n) is 6.35. The molecular formula is C34H47N7O5S. The number of carbonyl (C=O) groups is 1. The number of aromatic nitrogens is 4. The second kappa shape index (κ2) is 15.7. The lowest BCUT2D eigenvalue weighted by molar-refractivity contribution is -0.123. The molecule has 1 unspecified atom stereocenters. The van der Waals surface area contributed by atoms with Crippen molar-refractivity contribution >= 4 is 21.6 Å². The molecule has 2 aromatic heterocycles. The molecule has 0 spiro atoms. The number of anilines is 1. The van der Waals surface area contributed by atoms with Crippen LogP contribution in [0.25, 0.3) is 5.95 Å². The number of nitrogens with one attached hydrogen (secondary N) is 1. The Labute approximate surface area is 278 Å². The van der Waals surface area contributed by atoms with Gasteiger partial charge in [-0.3, -0.25) is 14.3 Å². The van der Waals surface area contributed by atoms with Crippen molar-refractivity contribution in [2.45, 2.75) is 70.1 Å². The fourth-order valence-corrected chi connectivity index (χ4v) is 8.25. The van der Waals surface area contributed by atoms with E-state index in [1.165, 1.54) is 25.3 Å². The van der Waals surface area contributed by atoms with E-state index in [2.05, 4.69) is 28.8 Å². The zero-order valence-corrected chi connectivity index (χ0v) is 28.4. The van der Waals surface area contributed by atoms with Crippen LogP contribution in [0.4, 0.5) is 5.82 Å². The molecule has 1 fully saturated rings. The number of sulfone groups is 1. The fraction of sp³-hybridized carbons (Fsp3) is 0.529. The number of rotatable bonds is 17. The average molecular weight is 666 g/mol. The van der Waals surface area contributed by atoms with E-state index in [1.54, 1.807) is 23.3 Å². The Bertz CT molecular complexity index is 1610. The molecule has 5 rings (SSSR count). The summed E-state index contributed by atoms with van der Waals surface area (Å²) in [6.07, 6.45) is 13.4. The molecule has 2 aliphatic heterocycles. The minimum Gasteiger partial charge on any atom is -0.454 e. The highest BCUT2D eigenvalue weighted by Crippen LogP contribution is 2.35. The molecule has 3 aromatic rings. The topological polar surface area (TPSA) is 132 Å². The van der Waals surface area contributed by atoms with E-state index in [4.69, 9.17) is 14.5 Å². The molecule has 12 nitrogen and oxygen atoms in total.